The van der Waals surface area contributed by atoms with Crippen molar-refractivity contribution in [1.82, 2.24) is 15.3 Å². The van der Waals surface area contributed by atoms with E-state index < -0.39 is 0 Å². The molecule has 2 N–H and O–H groups in total. The molecule has 0 unspecified atom stereocenters. The summed E-state index contributed by atoms with van der Waals surface area (Å²) >= 11 is 0. The third kappa shape index (κ3) is 6.93. The summed E-state index contributed by atoms with van der Waals surface area (Å²) in [7, 11) is 0. The van der Waals surface area contributed by atoms with E-state index in [0.717, 1.165) is 31.4 Å². The van der Waals surface area contributed by atoms with Crippen LogP contribution in [0.2, 0.25) is 0 Å². The maximum absolute atomic E-state index is 11.3. The number of rotatable bonds is 8. The maximum Gasteiger partial charge on any atom is 0.407 e. The lowest BCUT2D eigenvalue weighted by atomic mass is 10.1. The number of alkyl carbamates (subject to hydrolysis) is 1. The number of aromatic nitrogens is 2. The summed E-state index contributed by atoms with van der Waals surface area (Å²) in [6.45, 7) is 5.48. The molecule has 1 heterocycles. The minimum absolute atomic E-state index is 0.316. The first kappa shape index (κ1) is 14.5. The monoisotopic (exact) mass is 253 g/mol. The molecule has 0 aliphatic carbocycles. The number of aryl methyl sites for hydroxylation is 1. The highest BCUT2D eigenvalue weighted by molar-refractivity contribution is 5.66. The van der Waals surface area contributed by atoms with Crippen LogP contribution < -0.4 is 5.32 Å². The van der Waals surface area contributed by atoms with E-state index in [0.29, 0.717) is 19.1 Å². The molecule has 18 heavy (non-hydrogen) atoms. The lowest BCUT2D eigenvalue weighted by Crippen LogP contribution is -2.26. The van der Waals surface area contributed by atoms with Crippen LogP contribution >= 0.6 is 0 Å². The fourth-order valence-corrected chi connectivity index (χ4v) is 1.60. The number of hydrogen-bond donors (Lipinski definition) is 2. The minimum atomic E-state index is -0.316. The van der Waals surface area contributed by atoms with E-state index in [1.807, 2.05) is 0 Å². The van der Waals surface area contributed by atoms with E-state index in [1.165, 1.54) is 0 Å². The minimum Gasteiger partial charge on any atom is -0.450 e. The standard InChI is InChI=1S/C13H23N3O2/c1-11(2)5-3-7-15-13(17)18-8-4-6-12-9-14-10-16-12/h9-11H,3-8H2,1-2H3,(H,14,16)(H,15,17). The number of aromatic amines is 1. The van der Waals surface area contributed by atoms with Crippen LogP contribution in [0, 0.1) is 5.92 Å². The van der Waals surface area contributed by atoms with E-state index in [9.17, 15) is 4.79 Å². The Bertz CT molecular complexity index is 323. The van der Waals surface area contributed by atoms with Gasteiger partial charge in [-0.05, 0) is 31.6 Å². The van der Waals surface area contributed by atoms with Crippen LogP contribution in [0.4, 0.5) is 4.79 Å². The van der Waals surface area contributed by atoms with Gasteiger partial charge in [-0.15, -0.1) is 0 Å². The van der Waals surface area contributed by atoms with E-state index in [2.05, 4.69) is 29.1 Å². The molecule has 0 aromatic carbocycles. The molecule has 5 nitrogen and oxygen atoms in total. The highest BCUT2D eigenvalue weighted by atomic mass is 16.5. The highest BCUT2D eigenvalue weighted by Gasteiger charge is 2.02. The van der Waals surface area contributed by atoms with E-state index in [4.69, 9.17) is 4.74 Å². The molecule has 0 atom stereocenters. The average Bonchev–Trinajstić information content (AvgIpc) is 2.83. The fourth-order valence-electron chi connectivity index (χ4n) is 1.60. The summed E-state index contributed by atoms with van der Waals surface area (Å²) in [4.78, 5) is 18.2. The first-order valence-electron chi connectivity index (χ1n) is 6.56. The predicted molar refractivity (Wildman–Crippen MR) is 70.3 cm³/mol. The zero-order valence-electron chi connectivity index (χ0n) is 11.2. The van der Waals surface area contributed by atoms with Crippen LogP contribution in [-0.2, 0) is 11.2 Å². The second-order valence-corrected chi connectivity index (χ2v) is 4.78. The summed E-state index contributed by atoms with van der Waals surface area (Å²) in [5.41, 5.74) is 1.07. The van der Waals surface area contributed by atoms with Crippen molar-refractivity contribution in [1.29, 1.82) is 0 Å². The van der Waals surface area contributed by atoms with E-state index >= 15 is 0 Å². The average molecular weight is 253 g/mol. The molecule has 0 radical (unpaired) electrons. The Hall–Kier alpha value is -1.52. The molecule has 0 aliphatic rings. The van der Waals surface area contributed by atoms with Gasteiger partial charge in [0.15, 0.2) is 0 Å². The second-order valence-electron chi connectivity index (χ2n) is 4.78. The molecule has 1 rings (SSSR count). The number of nitrogens with zero attached hydrogens (tertiary/aromatic N) is 1. The number of carbonyl (C=O) groups excluding carboxylic acids is 1. The molecule has 5 heteroatoms. The molecule has 0 saturated carbocycles. The first-order valence-corrected chi connectivity index (χ1v) is 6.56. The first-order chi connectivity index (χ1) is 8.68. The number of H-pyrrole nitrogens is 1. The number of carbonyl (C=O) groups is 1. The maximum atomic E-state index is 11.3. The zero-order valence-corrected chi connectivity index (χ0v) is 11.2. The molecule has 1 aromatic rings. The van der Waals surface area contributed by atoms with Crippen molar-refractivity contribution < 1.29 is 9.53 Å². The van der Waals surface area contributed by atoms with Gasteiger partial charge < -0.3 is 15.0 Å². The van der Waals surface area contributed by atoms with Gasteiger partial charge in [-0.25, -0.2) is 9.78 Å². The number of amides is 1. The van der Waals surface area contributed by atoms with Crippen molar-refractivity contribution in [2.75, 3.05) is 13.2 Å². The summed E-state index contributed by atoms with van der Waals surface area (Å²) in [5, 5.41) is 2.75. The normalized spacial score (nSPS) is 10.6. The molecule has 0 bridgehead atoms. The third-order valence-corrected chi connectivity index (χ3v) is 2.61. The Balaban J connectivity index is 1.93. The van der Waals surface area contributed by atoms with Crippen LogP contribution in [-0.4, -0.2) is 29.2 Å². The topological polar surface area (TPSA) is 67.0 Å². The lowest BCUT2D eigenvalue weighted by molar-refractivity contribution is 0.144. The van der Waals surface area contributed by atoms with Crippen molar-refractivity contribution >= 4 is 6.09 Å². The quantitative estimate of drug-likeness (QED) is 0.699. The smallest absolute Gasteiger partial charge is 0.407 e. The van der Waals surface area contributed by atoms with Gasteiger partial charge in [0.05, 0.1) is 12.9 Å². The van der Waals surface area contributed by atoms with Crippen LogP contribution in [0.15, 0.2) is 12.5 Å². The highest BCUT2D eigenvalue weighted by Crippen LogP contribution is 2.02. The van der Waals surface area contributed by atoms with Gasteiger partial charge in [0, 0.05) is 18.4 Å². The van der Waals surface area contributed by atoms with Crippen LogP contribution in [0.3, 0.4) is 0 Å². The van der Waals surface area contributed by atoms with Crippen LogP contribution in [0.25, 0.3) is 0 Å². The molecular formula is C13H23N3O2. The number of nitrogens with one attached hydrogen (secondary N) is 2. The van der Waals surface area contributed by atoms with Crippen LogP contribution in [0.1, 0.15) is 38.8 Å². The number of imidazole rings is 1. The third-order valence-electron chi connectivity index (χ3n) is 2.61. The fraction of sp³-hybridized carbons (Fsp3) is 0.692. The van der Waals surface area contributed by atoms with Gasteiger partial charge in [-0.2, -0.15) is 0 Å². The van der Waals surface area contributed by atoms with Gasteiger partial charge in [-0.3, -0.25) is 0 Å². The van der Waals surface area contributed by atoms with Crippen molar-refractivity contribution in [2.45, 2.75) is 39.5 Å². The Morgan fingerprint density at radius 3 is 3.00 bits per heavy atom. The summed E-state index contributed by atoms with van der Waals surface area (Å²) in [6, 6.07) is 0. The Kier molecular flexibility index (Phi) is 6.91. The SMILES string of the molecule is CC(C)CCCNC(=O)OCCCc1cnc[nH]1. The van der Waals surface area contributed by atoms with Gasteiger partial charge in [0.2, 0.25) is 0 Å². The molecule has 0 saturated heterocycles. The van der Waals surface area contributed by atoms with Gasteiger partial charge in [0.1, 0.15) is 0 Å². The summed E-state index contributed by atoms with van der Waals surface area (Å²) in [5.74, 6) is 0.678. The van der Waals surface area contributed by atoms with Crippen molar-refractivity contribution in [3.8, 4) is 0 Å². The summed E-state index contributed by atoms with van der Waals surface area (Å²) in [6.07, 6.45) is 6.90. The predicted octanol–water partition coefficient (Wildman–Crippen LogP) is 2.50. The molecule has 1 aromatic heterocycles. The Labute approximate surface area is 108 Å². The molecule has 102 valence electrons. The molecule has 0 spiro atoms. The van der Waals surface area contributed by atoms with E-state index in [1.54, 1.807) is 12.5 Å². The zero-order chi connectivity index (χ0) is 13.2. The van der Waals surface area contributed by atoms with Crippen LogP contribution in [0.5, 0.6) is 0 Å². The van der Waals surface area contributed by atoms with Gasteiger partial charge >= 0.3 is 6.09 Å². The molecule has 0 aliphatic heterocycles. The lowest BCUT2D eigenvalue weighted by Gasteiger charge is -2.07. The number of hydrogen-bond acceptors (Lipinski definition) is 3. The Morgan fingerprint density at radius 2 is 2.33 bits per heavy atom. The second kappa shape index (κ2) is 8.55. The number of ether oxygens (including phenoxy) is 1. The molecule has 0 fully saturated rings. The van der Waals surface area contributed by atoms with Gasteiger partial charge in [0.25, 0.3) is 0 Å². The molecule has 1 amide bonds. The van der Waals surface area contributed by atoms with E-state index in [-0.39, 0.29) is 6.09 Å². The summed E-state index contributed by atoms with van der Waals surface area (Å²) < 4.78 is 5.06. The Morgan fingerprint density at radius 1 is 1.50 bits per heavy atom. The van der Waals surface area contributed by atoms with Crippen molar-refractivity contribution in [3.63, 3.8) is 0 Å². The van der Waals surface area contributed by atoms with Gasteiger partial charge in [-0.1, -0.05) is 13.8 Å². The van der Waals surface area contributed by atoms with Crippen molar-refractivity contribution in [3.05, 3.63) is 18.2 Å². The van der Waals surface area contributed by atoms with Crippen molar-refractivity contribution in [2.24, 2.45) is 5.92 Å². The molecular weight excluding hydrogens is 230 g/mol. The largest absolute Gasteiger partial charge is 0.450 e.